The van der Waals surface area contributed by atoms with E-state index in [-0.39, 0.29) is 0 Å². The maximum absolute atomic E-state index is 5.39. The summed E-state index contributed by atoms with van der Waals surface area (Å²) in [6.45, 7) is 0. The molecule has 12 aromatic rings. The van der Waals surface area contributed by atoms with Gasteiger partial charge in [0.2, 0.25) is 5.95 Å². The average molecular weight is 792 g/mol. The third-order valence-corrected chi connectivity index (χ3v) is 12.0. The topological polar surface area (TPSA) is 48.5 Å². The van der Waals surface area contributed by atoms with Crippen LogP contribution >= 0.6 is 0 Å². The van der Waals surface area contributed by atoms with Crippen LogP contribution in [0.4, 0.5) is 0 Å². The second-order valence-corrected chi connectivity index (χ2v) is 15.7. The van der Waals surface area contributed by atoms with E-state index in [0.717, 1.165) is 71.9 Å². The number of hydrogen-bond donors (Lipinski definition) is 0. The van der Waals surface area contributed by atoms with E-state index < -0.39 is 0 Å². The Labute approximate surface area is 358 Å². The van der Waals surface area contributed by atoms with E-state index in [1.807, 2.05) is 6.07 Å². The lowest BCUT2D eigenvalue weighted by molar-refractivity contribution is 0.953. The molecule has 0 amide bonds. The van der Waals surface area contributed by atoms with E-state index in [0.29, 0.717) is 17.6 Å². The standard InChI is InChI=1S/C57H37N5/c1-4-17-38(18-5-1)40-21-14-23-42(33-40)43-24-16-26-45(35-43)56-58-55(44-25-15-22-41(34-44)39-19-6-2-7-20-39)59-57(60-56)62-52-32-13-11-30-48(52)50-36-49-47-29-10-12-31-51(47)61(53(49)37-54(50)62)46-27-8-3-9-28-46/h1-37H. The van der Waals surface area contributed by atoms with Gasteiger partial charge in [0.15, 0.2) is 11.6 Å². The summed E-state index contributed by atoms with van der Waals surface area (Å²) in [6, 6.07) is 79.2. The molecule has 0 radical (unpaired) electrons. The van der Waals surface area contributed by atoms with Crippen LogP contribution in [-0.4, -0.2) is 24.1 Å². The number of rotatable bonds is 7. The molecule has 0 N–H and O–H groups in total. The van der Waals surface area contributed by atoms with Crippen molar-refractivity contribution in [1.29, 1.82) is 0 Å². The first-order valence-electron chi connectivity index (χ1n) is 20.9. The van der Waals surface area contributed by atoms with E-state index in [4.69, 9.17) is 15.0 Å². The maximum atomic E-state index is 5.39. The first-order valence-corrected chi connectivity index (χ1v) is 20.9. The van der Waals surface area contributed by atoms with Crippen LogP contribution in [0.1, 0.15) is 0 Å². The molecule has 0 atom stereocenters. The highest BCUT2D eigenvalue weighted by atomic mass is 15.2. The monoisotopic (exact) mass is 791 g/mol. The van der Waals surface area contributed by atoms with Crippen molar-refractivity contribution in [2.45, 2.75) is 0 Å². The van der Waals surface area contributed by atoms with Crippen LogP contribution < -0.4 is 0 Å². The molecular formula is C57H37N5. The van der Waals surface area contributed by atoms with Crippen LogP contribution in [0.3, 0.4) is 0 Å². The van der Waals surface area contributed by atoms with Gasteiger partial charge in [-0.05, 0) is 88.0 Å². The molecule has 0 spiro atoms. The summed E-state index contributed by atoms with van der Waals surface area (Å²) in [6.07, 6.45) is 0. The van der Waals surface area contributed by atoms with Crippen LogP contribution in [0.15, 0.2) is 224 Å². The molecular weight excluding hydrogens is 755 g/mol. The van der Waals surface area contributed by atoms with Gasteiger partial charge in [0, 0.05) is 38.4 Å². The fraction of sp³-hybridized carbons (Fsp3) is 0. The molecule has 0 aliphatic rings. The van der Waals surface area contributed by atoms with Gasteiger partial charge in [0.1, 0.15) is 0 Å². The summed E-state index contributed by atoms with van der Waals surface area (Å²) in [5.41, 5.74) is 14.0. The van der Waals surface area contributed by atoms with E-state index >= 15 is 0 Å². The van der Waals surface area contributed by atoms with Crippen LogP contribution in [0.2, 0.25) is 0 Å². The van der Waals surface area contributed by atoms with Crippen molar-refractivity contribution in [3.05, 3.63) is 224 Å². The molecule has 0 saturated carbocycles. The zero-order valence-corrected chi connectivity index (χ0v) is 33.6. The SMILES string of the molecule is c1ccc(-c2cccc(-c3cccc(-c4nc(-c5cccc(-c6ccccc6)c5)nc(-n5c6ccccc6c6cc7c8ccccc8n(-c8ccccc8)c7cc65)n4)c3)c2)cc1. The van der Waals surface area contributed by atoms with Gasteiger partial charge in [-0.1, -0.05) is 170 Å². The molecule has 0 aliphatic heterocycles. The maximum Gasteiger partial charge on any atom is 0.238 e. The number of benzene rings is 9. The second kappa shape index (κ2) is 14.7. The highest BCUT2D eigenvalue weighted by molar-refractivity contribution is 6.19. The molecule has 3 heterocycles. The molecule has 0 saturated heterocycles. The fourth-order valence-corrected chi connectivity index (χ4v) is 9.04. The first-order chi connectivity index (χ1) is 30.7. The quantitative estimate of drug-likeness (QED) is 0.162. The number of fused-ring (bicyclic) bond motifs is 6. The largest absolute Gasteiger partial charge is 0.309 e. The highest BCUT2D eigenvalue weighted by Crippen LogP contribution is 2.40. The molecule has 0 unspecified atom stereocenters. The summed E-state index contributed by atoms with van der Waals surface area (Å²) in [4.78, 5) is 16.0. The Hall–Kier alpha value is -8.41. The summed E-state index contributed by atoms with van der Waals surface area (Å²) in [5, 5.41) is 4.68. The van der Waals surface area contributed by atoms with Crippen molar-refractivity contribution < 1.29 is 0 Å². The third kappa shape index (κ3) is 6.06. The van der Waals surface area contributed by atoms with E-state index in [1.165, 1.54) is 21.9 Å². The van der Waals surface area contributed by atoms with Crippen LogP contribution in [0.25, 0.3) is 111 Å². The number of aromatic nitrogens is 5. The predicted molar refractivity (Wildman–Crippen MR) is 256 cm³/mol. The Morgan fingerprint density at radius 3 is 1.16 bits per heavy atom. The van der Waals surface area contributed by atoms with Crippen LogP contribution in [0.5, 0.6) is 0 Å². The van der Waals surface area contributed by atoms with Gasteiger partial charge in [-0.15, -0.1) is 0 Å². The van der Waals surface area contributed by atoms with Gasteiger partial charge < -0.3 is 4.57 Å². The minimum atomic E-state index is 0.555. The normalized spacial score (nSPS) is 11.5. The lowest BCUT2D eigenvalue weighted by Crippen LogP contribution is -2.06. The van der Waals surface area contributed by atoms with E-state index in [9.17, 15) is 0 Å². The summed E-state index contributed by atoms with van der Waals surface area (Å²) in [7, 11) is 0. The minimum Gasteiger partial charge on any atom is -0.309 e. The van der Waals surface area contributed by atoms with Crippen LogP contribution in [0, 0.1) is 0 Å². The summed E-state index contributed by atoms with van der Waals surface area (Å²) in [5.74, 6) is 1.76. The number of hydrogen-bond acceptors (Lipinski definition) is 3. The van der Waals surface area contributed by atoms with Gasteiger partial charge in [-0.25, -0.2) is 4.98 Å². The van der Waals surface area contributed by atoms with E-state index in [2.05, 4.69) is 228 Å². The van der Waals surface area contributed by atoms with Crippen molar-refractivity contribution in [2.24, 2.45) is 0 Å². The van der Waals surface area contributed by atoms with E-state index in [1.54, 1.807) is 0 Å². The Bertz CT molecular complexity index is 3620. The molecule has 3 aromatic heterocycles. The molecule has 12 rings (SSSR count). The first kappa shape index (κ1) is 35.5. The zero-order valence-electron chi connectivity index (χ0n) is 33.6. The molecule has 0 fully saturated rings. The summed E-state index contributed by atoms with van der Waals surface area (Å²) >= 11 is 0. The molecule has 62 heavy (non-hydrogen) atoms. The lowest BCUT2D eigenvalue weighted by Gasteiger charge is -2.13. The predicted octanol–water partition coefficient (Wildman–Crippen LogP) is 14.4. The average Bonchev–Trinajstić information content (AvgIpc) is 3.86. The molecule has 5 nitrogen and oxygen atoms in total. The Morgan fingerprint density at radius 2 is 0.629 bits per heavy atom. The van der Waals surface area contributed by atoms with Crippen molar-refractivity contribution in [3.63, 3.8) is 0 Å². The molecule has 5 heteroatoms. The smallest absolute Gasteiger partial charge is 0.238 e. The Kier molecular flexibility index (Phi) is 8.42. The van der Waals surface area contributed by atoms with Crippen molar-refractivity contribution >= 4 is 43.6 Å². The fourth-order valence-electron chi connectivity index (χ4n) is 9.04. The molecule has 0 aliphatic carbocycles. The summed E-state index contributed by atoms with van der Waals surface area (Å²) < 4.78 is 4.59. The third-order valence-electron chi connectivity index (χ3n) is 12.0. The molecule has 9 aromatic carbocycles. The number of para-hydroxylation sites is 3. The van der Waals surface area contributed by atoms with Crippen LogP contribution in [-0.2, 0) is 0 Å². The van der Waals surface area contributed by atoms with Gasteiger partial charge in [-0.3, -0.25) is 4.57 Å². The number of nitrogens with zero attached hydrogens (tertiary/aromatic N) is 5. The minimum absolute atomic E-state index is 0.555. The zero-order chi connectivity index (χ0) is 41.0. The lowest BCUT2D eigenvalue weighted by atomic mass is 9.98. The van der Waals surface area contributed by atoms with Crippen molar-refractivity contribution in [2.75, 3.05) is 0 Å². The van der Waals surface area contributed by atoms with Crippen molar-refractivity contribution in [1.82, 2.24) is 24.1 Å². The molecule has 0 bridgehead atoms. The van der Waals surface area contributed by atoms with Gasteiger partial charge in [0.05, 0.1) is 22.1 Å². The Morgan fingerprint density at radius 1 is 0.242 bits per heavy atom. The molecule has 290 valence electrons. The second-order valence-electron chi connectivity index (χ2n) is 15.7. The van der Waals surface area contributed by atoms with Gasteiger partial charge in [0.25, 0.3) is 0 Å². The van der Waals surface area contributed by atoms with Crippen molar-refractivity contribution in [3.8, 4) is 67.8 Å². The highest BCUT2D eigenvalue weighted by Gasteiger charge is 2.21. The van der Waals surface area contributed by atoms with Gasteiger partial charge >= 0.3 is 0 Å². The Balaban J connectivity index is 1.10. The van der Waals surface area contributed by atoms with Gasteiger partial charge in [-0.2, -0.15) is 9.97 Å².